The van der Waals surface area contributed by atoms with Gasteiger partial charge in [0.1, 0.15) is 5.69 Å². The number of nitrogens with two attached hydrogens (primary N) is 1. The van der Waals surface area contributed by atoms with Crippen molar-refractivity contribution in [1.29, 1.82) is 0 Å². The van der Waals surface area contributed by atoms with Gasteiger partial charge in [-0.2, -0.15) is 5.10 Å². The minimum absolute atomic E-state index is 0.0134. The van der Waals surface area contributed by atoms with Gasteiger partial charge in [-0.3, -0.25) is 9.89 Å². The fourth-order valence-electron chi connectivity index (χ4n) is 2.30. The molecule has 1 aromatic heterocycles. The summed E-state index contributed by atoms with van der Waals surface area (Å²) in [6.45, 7) is 1.34. The molecule has 1 aliphatic rings. The molecule has 3 N–H and O–H groups in total. The molecule has 0 fully saturated rings. The van der Waals surface area contributed by atoms with Crippen LogP contribution in [0.25, 0.3) is 0 Å². The molecule has 0 spiro atoms. The number of carbonyl (C=O) groups is 1. The number of H-pyrrole nitrogens is 1. The average molecular weight is 242 g/mol. The summed E-state index contributed by atoms with van der Waals surface area (Å²) < 4.78 is 0. The number of amides is 1. The van der Waals surface area contributed by atoms with Gasteiger partial charge in [-0.05, 0) is 35.7 Å². The fraction of sp³-hybridized carbons (Fsp3) is 0.231. The molecule has 1 aliphatic heterocycles. The summed E-state index contributed by atoms with van der Waals surface area (Å²) in [6.07, 6.45) is 2.46. The summed E-state index contributed by atoms with van der Waals surface area (Å²) in [4.78, 5) is 14.0. The van der Waals surface area contributed by atoms with Crippen molar-refractivity contribution in [2.45, 2.75) is 13.0 Å². The van der Waals surface area contributed by atoms with E-state index in [0.717, 1.165) is 24.2 Å². The number of benzene rings is 1. The standard InChI is InChI=1S/C13H14N4O/c14-11-2-1-9-4-6-17(8-10(9)7-11)13(18)12-3-5-15-16-12/h1-3,5,7H,4,6,8,14H2,(H,15,16). The van der Waals surface area contributed by atoms with Crippen LogP contribution in [0.5, 0.6) is 0 Å². The lowest BCUT2D eigenvalue weighted by Gasteiger charge is -2.28. The van der Waals surface area contributed by atoms with Gasteiger partial charge < -0.3 is 10.6 Å². The molecule has 2 aromatic rings. The van der Waals surface area contributed by atoms with Gasteiger partial charge in [-0.1, -0.05) is 6.07 Å². The van der Waals surface area contributed by atoms with Gasteiger partial charge >= 0.3 is 0 Å². The van der Waals surface area contributed by atoms with Crippen LogP contribution in [0.15, 0.2) is 30.5 Å². The molecule has 5 heteroatoms. The van der Waals surface area contributed by atoms with E-state index in [1.807, 2.05) is 23.1 Å². The zero-order valence-corrected chi connectivity index (χ0v) is 9.89. The molecule has 1 aromatic carbocycles. The Morgan fingerprint density at radius 1 is 1.33 bits per heavy atom. The van der Waals surface area contributed by atoms with E-state index in [9.17, 15) is 4.79 Å². The van der Waals surface area contributed by atoms with Crippen molar-refractivity contribution in [3.8, 4) is 0 Å². The van der Waals surface area contributed by atoms with Crippen LogP contribution in [0.4, 0.5) is 5.69 Å². The van der Waals surface area contributed by atoms with E-state index in [0.29, 0.717) is 12.2 Å². The van der Waals surface area contributed by atoms with Crippen molar-refractivity contribution >= 4 is 11.6 Å². The summed E-state index contributed by atoms with van der Waals surface area (Å²) in [5, 5.41) is 6.51. The topological polar surface area (TPSA) is 75.0 Å². The van der Waals surface area contributed by atoms with Crippen molar-refractivity contribution in [3.63, 3.8) is 0 Å². The van der Waals surface area contributed by atoms with Crippen LogP contribution >= 0.6 is 0 Å². The van der Waals surface area contributed by atoms with Gasteiger partial charge in [-0.15, -0.1) is 0 Å². The maximum atomic E-state index is 12.2. The van der Waals surface area contributed by atoms with Crippen LogP contribution in [0.3, 0.4) is 0 Å². The molecule has 92 valence electrons. The SMILES string of the molecule is Nc1ccc2c(c1)CN(C(=O)c1ccn[nH]1)CC2. The molecule has 0 radical (unpaired) electrons. The first kappa shape index (κ1) is 10.8. The number of hydrogen-bond acceptors (Lipinski definition) is 3. The third-order valence-corrected chi connectivity index (χ3v) is 3.26. The van der Waals surface area contributed by atoms with Crippen molar-refractivity contribution in [2.24, 2.45) is 0 Å². The van der Waals surface area contributed by atoms with Crippen LogP contribution in [-0.2, 0) is 13.0 Å². The Morgan fingerprint density at radius 2 is 2.22 bits per heavy atom. The smallest absolute Gasteiger partial charge is 0.272 e. The second-order valence-corrected chi connectivity index (χ2v) is 4.48. The van der Waals surface area contributed by atoms with E-state index in [1.165, 1.54) is 5.56 Å². The highest BCUT2D eigenvalue weighted by atomic mass is 16.2. The number of nitrogens with one attached hydrogen (secondary N) is 1. The van der Waals surface area contributed by atoms with Crippen molar-refractivity contribution < 1.29 is 4.79 Å². The van der Waals surface area contributed by atoms with Crippen LogP contribution in [0, 0.1) is 0 Å². The van der Waals surface area contributed by atoms with Gasteiger partial charge in [0.2, 0.25) is 0 Å². The van der Waals surface area contributed by atoms with Crippen LogP contribution < -0.4 is 5.73 Å². The summed E-state index contributed by atoms with van der Waals surface area (Å²) in [6, 6.07) is 7.59. The Morgan fingerprint density at radius 3 is 3.00 bits per heavy atom. The lowest BCUT2D eigenvalue weighted by atomic mass is 9.99. The van der Waals surface area contributed by atoms with Crippen molar-refractivity contribution in [1.82, 2.24) is 15.1 Å². The number of carbonyl (C=O) groups excluding carboxylic acids is 1. The number of aromatic amines is 1. The summed E-state index contributed by atoms with van der Waals surface area (Å²) >= 11 is 0. The molecule has 0 atom stereocenters. The zero-order valence-electron chi connectivity index (χ0n) is 9.89. The monoisotopic (exact) mass is 242 g/mol. The normalized spacial score (nSPS) is 14.3. The minimum Gasteiger partial charge on any atom is -0.399 e. The third kappa shape index (κ3) is 1.84. The Kier molecular flexibility index (Phi) is 2.51. The highest BCUT2D eigenvalue weighted by molar-refractivity contribution is 5.92. The first-order valence-electron chi connectivity index (χ1n) is 5.90. The molecule has 0 bridgehead atoms. The molecule has 3 rings (SSSR count). The van der Waals surface area contributed by atoms with E-state index in [-0.39, 0.29) is 5.91 Å². The number of nitrogens with zero attached hydrogens (tertiary/aromatic N) is 2. The highest BCUT2D eigenvalue weighted by Gasteiger charge is 2.22. The Labute approximate surface area is 105 Å². The lowest BCUT2D eigenvalue weighted by Crippen LogP contribution is -2.36. The molecule has 5 nitrogen and oxygen atoms in total. The molecule has 18 heavy (non-hydrogen) atoms. The maximum absolute atomic E-state index is 12.2. The number of anilines is 1. The summed E-state index contributed by atoms with van der Waals surface area (Å²) in [5.41, 5.74) is 9.46. The minimum atomic E-state index is -0.0134. The van der Waals surface area contributed by atoms with E-state index in [2.05, 4.69) is 10.2 Å². The van der Waals surface area contributed by atoms with Gasteiger partial charge in [0.05, 0.1) is 0 Å². The van der Waals surface area contributed by atoms with Crippen molar-refractivity contribution in [2.75, 3.05) is 12.3 Å². The predicted molar refractivity (Wildman–Crippen MR) is 67.9 cm³/mol. The molecule has 1 amide bonds. The third-order valence-electron chi connectivity index (χ3n) is 3.26. The number of hydrogen-bond donors (Lipinski definition) is 2. The Bertz CT molecular complexity index is 577. The van der Waals surface area contributed by atoms with E-state index < -0.39 is 0 Å². The van der Waals surface area contributed by atoms with Gasteiger partial charge in [0, 0.05) is 25.0 Å². The Hall–Kier alpha value is -2.30. The first-order chi connectivity index (χ1) is 8.74. The molecule has 0 aliphatic carbocycles. The van der Waals surface area contributed by atoms with Gasteiger partial charge in [0.25, 0.3) is 5.91 Å². The van der Waals surface area contributed by atoms with E-state index in [4.69, 9.17) is 5.73 Å². The van der Waals surface area contributed by atoms with Crippen LogP contribution in [0.2, 0.25) is 0 Å². The number of rotatable bonds is 1. The van der Waals surface area contributed by atoms with Crippen molar-refractivity contribution in [3.05, 3.63) is 47.3 Å². The van der Waals surface area contributed by atoms with E-state index >= 15 is 0 Å². The quantitative estimate of drug-likeness (QED) is 0.737. The van der Waals surface area contributed by atoms with Gasteiger partial charge in [-0.25, -0.2) is 0 Å². The highest BCUT2D eigenvalue weighted by Crippen LogP contribution is 2.22. The Balaban J connectivity index is 1.84. The zero-order chi connectivity index (χ0) is 12.5. The van der Waals surface area contributed by atoms with Crippen LogP contribution in [-0.4, -0.2) is 27.5 Å². The number of aromatic nitrogens is 2. The first-order valence-corrected chi connectivity index (χ1v) is 5.90. The summed E-state index contributed by atoms with van der Waals surface area (Å²) in [7, 11) is 0. The number of fused-ring (bicyclic) bond motifs is 1. The van der Waals surface area contributed by atoms with Gasteiger partial charge in [0.15, 0.2) is 0 Å². The molecular formula is C13H14N4O. The lowest BCUT2D eigenvalue weighted by molar-refractivity contribution is 0.0728. The second-order valence-electron chi connectivity index (χ2n) is 4.48. The summed E-state index contributed by atoms with van der Waals surface area (Å²) in [5.74, 6) is -0.0134. The maximum Gasteiger partial charge on any atom is 0.272 e. The molecule has 0 unspecified atom stereocenters. The molecule has 0 saturated heterocycles. The van der Waals surface area contributed by atoms with Crippen LogP contribution in [0.1, 0.15) is 21.6 Å². The largest absolute Gasteiger partial charge is 0.399 e. The second kappa shape index (κ2) is 4.18. The average Bonchev–Trinajstić information content (AvgIpc) is 2.90. The number of nitrogen functional groups attached to an aromatic ring is 1. The molecular weight excluding hydrogens is 228 g/mol. The fourth-order valence-corrected chi connectivity index (χ4v) is 2.30. The molecule has 0 saturated carbocycles. The predicted octanol–water partition coefficient (Wildman–Crippen LogP) is 1.19. The molecule has 2 heterocycles. The van der Waals surface area contributed by atoms with E-state index in [1.54, 1.807) is 12.3 Å².